The number of rotatable bonds is 5. The van der Waals surface area contributed by atoms with Crippen LogP contribution in [0.5, 0.6) is 0 Å². The van der Waals surface area contributed by atoms with Gasteiger partial charge in [0.25, 0.3) is 0 Å². The third-order valence-electron chi connectivity index (χ3n) is 4.35. The molecule has 0 spiro atoms. The van der Waals surface area contributed by atoms with Crippen molar-refractivity contribution in [3.63, 3.8) is 0 Å². The van der Waals surface area contributed by atoms with Gasteiger partial charge in [-0.1, -0.05) is 44.2 Å². The normalized spacial score (nSPS) is 27.6. The summed E-state index contributed by atoms with van der Waals surface area (Å²) in [5.41, 5.74) is 1.14. The van der Waals surface area contributed by atoms with E-state index in [9.17, 15) is 9.90 Å². The lowest BCUT2D eigenvalue weighted by Crippen LogP contribution is -2.34. The van der Waals surface area contributed by atoms with Crippen LogP contribution in [0.3, 0.4) is 0 Å². The van der Waals surface area contributed by atoms with Gasteiger partial charge < -0.3 is 14.6 Å². The van der Waals surface area contributed by atoms with Crippen LogP contribution in [-0.4, -0.2) is 29.9 Å². The third kappa shape index (κ3) is 5.11. The molecule has 1 aromatic rings. The van der Waals surface area contributed by atoms with E-state index in [-0.39, 0.29) is 30.3 Å². The van der Waals surface area contributed by atoms with Crippen LogP contribution in [0, 0.1) is 11.8 Å². The molecule has 4 heteroatoms. The summed E-state index contributed by atoms with van der Waals surface area (Å²) < 4.78 is 11.2. The summed E-state index contributed by atoms with van der Waals surface area (Å²) in [6, 6.07) is 10.0. The van der Waals surface area contributed by atoms with Crippen molar-refractivity contribution in [1.29, 1.82) is 0 Å². The second-order valence-corrected chi connectivity index (χ2v) is 6.33. The predicted octanol–water partition coefficient (Wildman–Crippen LogP) is 2.93. The lowest BCUT2D eigenvalue weighted by atomic mass is 9.90. The van der Waals surface area contributed by atoms with Crippen LogP contribution in [0.15, 0.2) is 30.3 Å². The van der Waals surface area contributed by atoms with Crippen LogP contribution in [0.4, 0.5) is 0 Å². The highest BCUT2D eigenvalue weighted by Gasteiger charge is 2.29. The number of hydrogen-bond donors (Lipinski definition) is 1. The highest BCUT2D eigenvalue weighted by molar-refractivity contribution is 5.70. The molecule has 1 aliphatic heterocycles. The maximum atomic E-state index is 11.8. The van der Waals surface area contributed by atoms with E-state index >= 15 is 0 Å². The maximum Gasteiger partial charge on any atom is 0.308 e. The van der Waals surface area contributed by atoms with Crippen molar-refractivity contribution in [1.82, 2.24) is 0 Å². The molecule has 4 atom stereocenters. The second kappa shape index (κ2) is 8.30. The van der Waals surface area contributed by atoms with Gasteiger partial charge in [0, 0.05) is 5.92 Å². The molecule has 0 saturated carbocycles. The van der Waals surface area contributed by atoms with Gasteiger partial charge >= 0.3 is 5.97 Å². The molecule has 0 radical (unpaired) electrons. The van der Waals surface area contributed by atoms with Gasteiger partial charge in [0.2, 0.25) is 0 Å². The predicted molar refractivity (Wildman–Crippen MR) is 84.2 cm³/mol. The summed E-state index contributed by atoms with van der Waals surface area (Å²) in [7, 11) is 0. The maximum absolute atomic E-state index is 11.8. The Balaban J connectivity index is 1.80. The van der Waals surface area contributed by atoms with E-state index in [0.717, 1.165) is 18.4 Å². The number of carbonyl (C=O) groups excluding carboxylic acids is 1. The quantitative estimate of drug-likeness (QED) is 0.850. The fraction of sp³-hybridized carbons (Fsp3) is 0.611. The number of aliphatic hydroxyl groups excluding tert-OH is 1. The summed E-state index contributed by atoms with van der Waals surface area (Å²) in [6.45, 7) is 5.16. The average Bonchev–Trinajstić information content (AvgIpc) is 2.50. The van der Waals surface area contributed by atoms with Crippen molar-refractivity contribution in [2.45, 2.75) is 51.9 Å². The van der Waals surface area contributed by atoms with Crippen molar-refractivity contribution < 1.29 is 19.4 Å². The van der Waals surface area contributed by atoms with Gasteiger partial charge in [-0.05, 0) is 24.3 Å². The van der Waals surface area contributed by atoms with E-state index in [1.165, 1.54) is 0 Å². The Kier molecular flexibility index (Phi) is 6.40. The molecule has 0 amide bonds. The van der Waals surface area contributed by atoms with Crippen molar-refractivity contribution in [3.8, 4) is 0 Å². The van der Waals surface area contributed by atoms with Gasteiger partial charge in [-0.15, -0.1) is 0 Å². The highest BCUT2D eigenvalue weighted by Crippen LogP contribution is 2.24. The van der Waals surface area contributed by atoms with Gasteiger partial charge in [-0.3, -0.25) is 4.79 Å². The molecular weight excluding hydrogens is 280 g/mol. The Bertz CT molecular complexity index is 459. The minimum Gasteiger partial charge on any atom is -0.462 e. The number of ether oxygens (including phenoxy) is 2. The second-order valence-electron chi connectivity index (χ2n) is 6.33. The molecule has 1 N–H and O–H groups in total. The zero-order valence-electron chi connectivity index (χ0n) is 13.4. The molecule has 0 aliphatic carbocycles. The molecule has 0 aromatic heterocycles. The lowest BCUT2D eigenvalue weighted by molar-refractivity contribution is -0.159. The SMILES string of the molecule is C[C@H](COCc1ccccc1)[C@@H]1CC[C@H](C)[C@@H](O)CC(=O)O1. The number of hydrogen-bond acceptors (Lipinski definition) is 4. The largest absolute Gasteiger partial charge is 0.462 e. The van der Waals surface area contributed by atoms with Crippen molar-refractivity contribution in [2.24, 2.45) is 11.8 Å². The van der Waals surface area contributed by atoms with E-state index < -0.39 is 6.10 Å². The topological polar surface area (TPSA) is 55.8 Å². The smallest absolute Gasteiger partial charge is 0.308 e. The Labute approximate surface area is 132 Å². The van der Waals surface area contributed by atoms with Crippen molar-refractivity contribution in [2.75, 3.05) is 6.61 Å². The van der Waals surface area contributed by atoms with Gasteiger partial charge in [0.05, 0.1) is 25.7 Å². The molecule has 0 bridgehead atoms. The summed E-state index contributed by atoms with van der Waals surface area (Å²) in [5, 5.41) is 9.82. The van der Waals surface area contributed by atoms with Crippen LogP contribution in [0.1, 0.15) is 38.7 Å². The first-order valence-corrected chi connectivity index (χ1v) is 8.05. The monoisotopic (exact) mass is 306 g/mol. The molecule has 1 saturated heterocycles. The molecular formula is C18H26O4. The van der Waals surface area contributed by atoms with Crippen LogP contribution >= 0.6 is 0 Å². The van der Waals surface area contributed by atoms with E-state index in [0.29, 0.717) is 13.2 Å². The standard InChI is InChI=1S/C18H26O4/c1-13-8-9-17(22-18(20)10-16(13)19)14(2)11-21-12-15-6-4-3-5-7-15/h3-7,13-14,16-17,19H,8-12H2,1-2H3/t13-,14+,16-,17-/m0/s1. The van der Waals surface area contributed by atoms with E-state index in [1.807, 2.05) is 44.2 Å². The molecule has 4 nitrogen and oxygen atoms in total. The van der Waals surface area contributed by atoms with E-state index in [1.54, 1.807) is 0 Å². The summed E-state index contributed by atoms with van der Waals surface area (Å²) in [5.74, 6) is -0.0261. The Morgan fingerprint density at radius 2 is 2.05 bits per heavy atom. The summed E-state index contributed by atoms with van der Waals surface area (Å²) in [4.78, 5) is 11.8. The van der Waals surface area contributed by atoms with E-state index in [2.05, 4.69) is 0 Å². The van der Waals surface area contributed by atoms with Crippen LogP contribution in [0.25, 0.3) is 0 Å². The highest BCUT2D eigenvalue weighted by atomic mass is 16.5. The molecule has 1 aromatic carbocycles. The summed E-state index contributed by atoms with van der Waals surface area (Å²) in [6.07, 6.45) is 1.02. The first-order valence-electron chi connectivity index (χ1n) is 8.05. The molecule has 1 heterocycles. The first-order chi connectivity index (χ1) is 10.6. The van der Waals surface area contributed by atoms with Gasteiger partial charge in [-0.25, -0.2) is 0 Å². The Hall–Kier alpha value is -1.39. The molecule has 1 aliphatic rings. The minimum absolute atomic E-state index is 0.0925. The molecule has 2 rings (SSSR count). The number of esters is 1. The van der Waals surface area contributed by atoms with Crippen molar-refractivity contribution in [3.05, 3.63) is 35.9 Å². The fourth-order valence-electron chi connectivity index (χ4n) is 2.71. The zero-order chi connectivity index (χ0) is 15.9. The van der Waals surface area contributed by atoms with Crippen LogP contribution in [0.2, 0.25) is 0 Å². The van der Waals surface area contributed by atoms with Gasteiger partial charge in [0.15, 0.2) is 0 Å². The van der Waals surface area contributed by atoms with Crippen molar-refractivity contribution >= 4 is 5.97 Å². The number of aliphatic hydroxyl groups is 1. The molecule has 0 unspecified atom stereocenters. The van der Waals surface area contributed by atoms with Crippen LogP contribution < -0.4 is 0 Å². The minimum atomic E-state index is -0.585. The number of benzene rings is 1. The fourth-order valence-corrected chi connectivity index (χ4v) is 2.71. The average molecular weight is 306 g/mol. The number of carbonyl (C=O) groups is 1. The number of cyclic esters (lactones) is 1. The molecule has 122 valence electrons. The zero-order valence-corrected chi connectivity index (χ0v) is 13.4. The third-order valence-corrected chi connectivity index (χ3v) is 4.35. The molecule has 1 fully saturated rings. The van der Waals surface area contributed by atoms with E-state index in [4.69, 9.17) is 9.47 Å². The Morgan fingerprint density at radius 1 is 1.32 bits per heavy atom. The van der Waals surface area contributed by atoms with Gasteiger partial charge in [0.1, 0.15) is 6.10 Å². The Morgan fingerprint density at radius 3 is 2.77 bits per heavy atom. The molecule has 22 heavy (non-hydrogen) atoms. The van der Waals surface area contributed by atoms with Crippen LogP contribution in [-0.2, 0) is 20.9 Å². The summed E-state index contributed by atoms with van der Waals surface area (Å²) >= 11 is 0. The lowest BCUT2D eigenvalue weighted by Gasteiger charge is -2.29. The van der Waals surface area contributed by atoms with Gasteiger partial charge in [-0.2, -0.15) is 0 Å². The first kappa shape index (κ1) is 17.0.